The van der Waals surface area contributed by atoms with Crippen molar-refractivity contribution in [2.45, 2.75) is 32.9 Å². The number of nitrogens with zero attached hydrogens (tertiary/aromatic N) is 2. The zero-order valence-corrected chi connectivity index (χ0v) is 16.6. The van der Waals surface area contributed by atoms with Crippen LogP contribution < -0.4 is 10.6 Å². The van der Waals surface area contributed by atoms with E-state index < -0.39 is 0 Å². The van der Waals surface area contributed by atoms with Gasteiger partial charge in [0.2, 0.25) is 0 Å². The Morgan fingerprint density at radius 2 is 2.09 bits per heavy atom. The molecule has 3 rings (SSSR count). The average molecular weight is 442 g/mol. The standard InChI is InChI=1S/C17H22N4S.HI/c1-3-18-17(21-15-9-12(15)2)19-10-14-11-22-16(20-14)13-7-5-4-6-8-13;/h4-8,11-12,15H,3,9-10H2,1-2H3,(H2,18,19,21);1H. The average Bonchev–Trinajstić information content (AvgIpc) is 3.03. The van der Waals surface area contributed by atoms with Gasteiger partial charge in [-0.15, -0.1) is 35.3 Å². The van der Waals surface area contributed by atoms with Gasteiger partial charge in [0.1, 0.15) is 5.01 Å². The van der Waals surface area contributed by atoms with Gasteiger partial charge >= 0.3 is 0 Å². The topological polar surface area (TPSA) is 49.3 Å². The van der Waals surface area contributed by atoms with Crippen LogP contribution >= 0.6 is 35.3 Å². The number of guanidine groups is 1. The molecule has 0 radical (unpaired) electrons. The molecule has 0 bridgehead atoms. The Labute approximate surface area is 158 Å². The fourth-order valence-electron chi connectivity index (χ4n) is 2.27. The van der Waals surface area contributed by atoms with Crippen LogP contribution in [0.15, 0.2) is 40.7 Å². The van der Waals surface area contributed by atoms with Gasteiger partial charge in [0.15, 0.2) is 5.96 Å². The van der Waals surface area contributed by atoms with E-state index in [9.17, 15) is 0 Å². The van der Waals surface area contributed by atoms with Crippen LogP contribution in [0.2, 0.25) is 0 Å². The highest BCUT2D eigenvalue weighted by Gasteiger charge is 2.33. The summed E-state index contributed by atoms with van der Waals surface area (Å²) in [6.07, 6.45) is 1.24. The summed E-state index contributed by atoms with van der Waals surface area (Å²) in [5, 5.41) is 9.91. The third-order valence-electron chi connectivity index (χ3n) is 3.75. The summed E-state index contributed by atoms with van der Waals surface area (Å²) in [6.45, 7) is 5.83. The molecule has 1 aromatic heterocycles. The molecule has 2 unspecified atom stereocenters. The summed E-state index contributed by atoms with van der Waals surface area (Å²) in [5.74, 6) is 1.65. The molecule has 1 heterocycles. The molecule has 124 valence electrons. The van der Waals surface area contributed by atoms with Crippen molar-refractivity contribution in [2.75, 3.05) is 6.54 Å². The molecular formula is C17H23IN4S. The minimum absolute atomic E-state index is 0. The number of aromatic nitrogens is 1. The molecule has 2 aromatic rings. The first kappa shape index (κ1) is 18.2. The van der Waals surface area contributed by atoms with Crippen LogP contribution in [0.5, 0.6) is 0 Å². The number of benzene rings is 1. The van der Waals surface area contributed by atoms with Crippen molar-refractivity contribution >= 4 is 41.3 Å². The van der Waals surface area contributed by atoms with Crippen molar-refractivity contribution in [2.24, 2.45) is 10.9 Å². The SMILES string of the molecule is CCNC(=NCc1csc(-c2ccccc2)n1)NC1CC1C.I. The van der Waals surface area contributed by atoms with Gasteiger partial charge < -0.3 is 10.6 Å². The molecule has 1 aliphatic rings. The summed E-state index contributed by atoms with van der Waals surface area (Å²) in [7, 11) is 0. The zero-order chi connectivity index (χ0) is 15.4. The maximum absolute atomic E-state index is 4.68. The summed E-state index contributed by atoms with van der Waals surface area (Å²) in [6, 6.07) is 10.9. The lowest BCUT2D eigenvalue weighted by Gasteiger charge is -2.10. The number of thiazole rings is 1. The van der Waals surface area contributed by atoms with Crippen LogP contribution in [0.25, 0.3) is 10.6 Å². The van der Waals surface area contributed by atoms with Crippen molar-refractivity contribution < 1.29 is 0 Å². The Hall–Kier alpha value is -1.15. The Bertz CT molecular complexity index is 641. The molecule has 1 fully saturated rings. The fourth-order valence-corrected chi connectivity index (χ4v) is 3.09. The van der Waals surface area contributed by atoms with E-state index in [4.69, 9.17) is 0 Å². The molecule has 0 saturated heterocycles. The van der Waals surface area contributed by atoms with E-state index in [2.05, 4.69) is 52.0 Å². The van der Waals surface area contributed by atoms with Gasteiger partial charge in [-0.2, -0.15) is 0 Å². The van der Waals surface area contributed by atoms with E-state index in [0.717, 1.165) is 29.1 Å². The molecular weight excluding hydrogens is 419 g/mol. The quantitative estimate of drug-likeness (QED) is 0.420. The van der Waals surface area contributed by atoms with Crippen molar-refractivity contribution in [1.29, 1.82) is 0 Å². The molecule has 1 saturated carbocycles. The van der Waals surface area contributed by atoms with Crippen molar-refractivity contribution in [1.82, 2.24) is 15.6 Å². The monoisotopic (exact) mass is 442 g/mol. The van der Waals surface area contributed by atoms with Crippen molar-refractivity contribution in [3.63, 3.8) is 0 Å². The molecule has 0 spiro atoms. The van der Waals surface area contributed by atoms with E-state index in [1.807, 2.05) is 18.2 Å². The Kier molecular flexibility index (Phi) is 6.83. The molecule has 23 heavy (non-hydrogen) atoms. The van der Waals surface area contributed by atoms with Crippen LogP contribution in [-0.4, -0.2) is 23.5 Å². The van der Waals surface area contributed by atoms with Crippen molar-refractivity contribution in [3.8, 4) is 10.6 Å². The largest absolute Gasteiger partial charge is 0.357 e. The normalized spacial score (nSPS) is 19.8. The van der Waals surface area contributed by atoms with E-state index in [1.165, 1.54) is 12.0 Å². The fraction of sp³-hybridized carbons (Fsp3) is 0.412. The van der Waals surface area contributed by atoms with Gasteiger partial charge in [-0.25, -0.2) is 9.98 Å². The minimum Gasteiger partial charge on any atom is -0.357 e. The number of hydrogen-bond donors (Lipinski definition) is 2. The van der Waals surface area contributed by atoms with Crippen LogP contribution in [0, 0.1) is 5.92 Å². The van der Waals surface area contributed by atoms with Gasteiger partial charge in [0, 0.05) is 23.5 Å². The van der Waals surface area contributed by atoms with Crippen molar-refractivity contribution in [3.05, 3.63) is 41.4 Å². The number of nitrogens with one attached hydrogen (secondary N) is 2. The second-order valence-corrected chi connectivity index (χ2v) is 6.53. The van der Waals surface area contributed by atoms with E-state index in [1.54, 1.807) is 11.3 Å². The van der Waals surface area contributed by atoms with Gasteiger partial charge in [0.05, 0.1) is 12.2 Å². The maximum atomic E-state index is 4.68. The van der Waals surface area contributed by atoms with Crippen LogP contribution in [-0.2, 0) is 6.54 Å². The predicted molar refractivity (Wildman–Crippen MR) is 108 cm³/mol. The number of aliphatic imine (C=N–C) groups is 1. The molecule has 0 aliphatic heterocycles. The Morgan fingerprint density at radius 1 is 1.35 bits per heavy atom. The first-order valence-electron chi connectivity index (χ1n) is 7.81. The maximum Gasteiger partial charge on any atom is 0.191 e. The predicted octanol–water partition coefficient (Wildman–Crippen LogP) is 3.89. The highest BCUT2D eigenvalue weighted by atomic mass is 127. The van der Waals surface area contributed by atoms with Gasteiger partial charge in [-0.05, 0) is 19.3 Å². The highest BCUT2D eigenvalue weighted by molar-refractivity contribution is 14.0. The lowest BCUT2D eigenvalue weighted by molar-refractivity contribution is 0.765. The second-order valence-electron chi connectivity index (χ2n) is 5.67. The van der Waals surface area contributed by atoms with Crippen LogP contribution in [0.4, 0.5) is 0 Å². The molecule has 2 atom stereocenters. The number of halogens is 1. The molecule has 4 nitrogen and oxygen atoms in total. The Morgan fingerprint density at radius 3 is 2.74 bits per heavy atom. The van der Waals surface area contributed by atoms with E-state index >= 15 is 0 Å². The molecule has 2 N–H and O–H groups in total. The summed E-state index contributed by atoms with van der Waals surface area (Å²) >= 11 is 1.67. The summed E-state index contributed by atoms with van der Waals surface area (Å²) < 4.78 is 0. The lowest BCUT2D eigenvalue weighted by atomic mass is 10.2. The van der Waals surface area contributed by atoms with Gasteiger partial charge in [-0.1, -0.05) is 37.3 Å². The molecule has 1 aromatic carbocycles. The summed E-state index contributed by atoms with van der Waals surface area (Å²) in [5.41, 5.74) is 2.18. The third-order valence-corrected chi connectivity index (χ3v) is 4.69. The smallest absolute Gasteiger partial charge is 0.191 e. The number of rotatable bonds is 5. The van der Waals surface area contributed by atoms with E-state index in [-0.39, 0.29) is 24.0 Å². The van der Waals surface area contributed by atoms with Crippen LogP contribution in [0.3, 0.4) is 0 Å². The molecule has 6 heteroatoms. The zero-order valence-electron chi connectivity index (χ0n) is 13.5. The first-order chi connectivity index (χ1) is 10.8. The van der Waals surface area contributed by atoms with Gasteiger partial charge in [0.25, 0.3) is 0 Å². The molecule has 0 amide bonds. The van der Waals surface area contributed by atoms with E-state index in [0.29, 0.717) is 12.6 Å². The molecule has 1 aliphatic carbocycles. The van der Waals surface area contributed by atoms with Gasteiger partial charge in [-0.3, -0.25) is 0 Å². The third kappa shape index (κ3) is 5.17. The van der Waals surface area contributed by atoms with Crippen LogP contribution in [0.1, 0.15) is 26.0 Å². The summed E-state index contributed by atoms with van der Waals surface area (Å²) in [4.78, 5) is 9.32. The second kappa shape index (κ2) is 8.63. The lowest BCUT2D eigenvalue weighted by Crippen LogP contribution is -2.39. The number of hydrogen-bond acceptors (Lipinski definition) is 3. The first-order valence-corrected chi connectivity index (χ1v) is 8.69. The highest BCUT2D eigenvalue weighted by Crippen LogP contribution is 2.28. The minimum atomic E-state index is 0. The Balaban J connectivity index is 0.00000192.